The quantitative estimate of drug-likeness (QED) is 0.109. The normalized spacial score (nSPS) is 12.2. The van der Waals surface area contributed by atoms with E-state index in [0.29, 0.717) is 28.2 Å². The minimum Gasteiger partial charge on any atom is -0.398 e. The van der Waals surface area contributed by atoms with E-state index in [0.717, 1.165) is 50.1 Å². The van der Waals surface area contributed by atoms with Gasteiger partial charge in [-0.25, -0.2) is 9.37 Å². The Balaban J connectivity index is 0.00000330. The van der Waals surface area contributed by atoms with E-state index in [1.807, 2.05) is 39.0 Å². The lowest BCUT2D eigenvalue weighted by Gasteiger charge is -2.21. The Morgan fingerprint density at radius 1 is 1.14 bits per heavy atom. The van der Waals surface area contributed by atoms with Gasteiger partial charge >= 0.3 is 0 Å². The van der Waals surface area contributed by atoms with Crippen molar-refractivity contribution in [2.24, 2.45) is 5.41 Å². The molecule has 0 saturated carbocycles. The first-order chi connectivity index (χ1) is 20.8. The predicted molar refractivity (Wildman–Crippen MR) is 191 cm³/mol. The zero-order valence-corrected chi connectivity index (χ0v) is 27.7. The molecule has 2 aromatic heterocycles. The summed E-state index contributed by atoms with van der Waals surface area (Å²) in [5.41, 5.74) is 13.6. The molecule has 0 radical (unpaired) electrons. The summed E-state index contributed by atoms with van der Waals surface area (Å²) >= 11 is 1.65. The van der Waals surface area contributed by atoms with Gasteiger partial charge in [-0.2, -0.15) is 0 Å². The highest BCUT2D eigenvalue weighted by Gasteiger charge is 2.20. The van der Waals surface area contributed by atoms with Gasteiger partial charge in [-0.15, -0.1) is 24.2 Å². The van der Waals surface area contributed by atoms with Gasteiger partial charge in [0.15, 0.2) is 0 Å². The lowest BCUT2D eigenvalue weighted by Crippen LogP contribution is -2.16. The maximum absolute atomic E-state index is 16.1. The van der Waals surface area contributed by atoms with Crippen LogP contribution in [-0.2, 0) is 6.42 Å². The second kappa shape index (κ2) is 15.7. The summed E-state index contributed by atoms with van der Waals surface area (Å²) in [6, 6.07) is 7.58. The average molecular weight is 609 g/mol. The zero-order chi connectivity index (χ0) is 33.2. The Hall–Kier alpha value is -4.60. The highest BCUT2D eigenvalue weighted by atomic mass is 32.1. The number of imidazole rings is 1. The minimum atomic E-state index is -0.377. The van der Waals surface area contributed by atoms with Crippen LogP contribution in [-0.4, -0.2) is 9.97 Å². The van der Waals surface area contributed by atoms with Crippen molar-refractivity contribution in [3.05, 3.63) is 136 Å². The fourth-order valence-electron chi connectivity index (χ4n) is 4.70. The number of nitrogens with one attached hydrogen (secondary N) is 2. The number of aryl methyl sites for hydroxylation is 1. The lowest BCUT2D eigenvalue weighted by molar-refractivity contribution is 0.403. The third-order valence-corrected chi connectivity index (χ3v) is 7.89. The number of benzene rings is 1. The summed E-state index contributed by atoms with van der Waals surface area (Å²) in [4.78, 5) is 10.4. The molecule has 0 saturated heterocycles. The maximum Gasteiger partial charge on any atom is 0.136 e. The molecule has 0 fully saturated rings. The molecule has 0 bridgehead atoms. The summed E-state index contributed by atoms with van der Waals surface area (Å²) in [5.74, 6) is 0.250. The summed E-state index contributed by atoms with van der Waals surface area (Å²) in [5, 5.41) is 3.32. The largest absolute Gasteiger partial charge is 0.398 e. The lowest BCUT2D eigenvalue weighted by atomic mass is 9.91. The number of hydrogen-bond acceptors (Lipinski definition) is 4. The molecular formula is C38H45FN4S. The van der Waals surface area contributed by atoms with Crippen molar-refractivity contribution in [1.82, 2.24) is 15.3 Å². The van der Waals surface area contributed by atoms with E-state index in [9.17, 15) is 0 Å². The molecule has 3 rings (SSSR count). The number of halogens is 1. The third-order valence-electron chi connectivity index (χ3n) is 6.61. The molecule has 0 atom stereocenters. The molecule has 0 spiro atoms. The van der Waals surface area contributed by atoms with Crippen molar-refractivity contribution in [3.8, 4) is 12.8 Å². The van der Waals surface area contributed by atoms with Crippen molar-refractivity contribution < 1.29 is 4.39 Å². The minimum absolute atomic E-state index is 0.0847. The molecule has 0 aliphatic carbocycles. The van der Waals surface area contributed by atoms with E-state index in [-0.39, 0.29) is 17.7 Å². The van der Waals surface area contributed by atoms with Crippen molar-refractivity contribution in [2.45, 2.75) is 54.4 Å². The van der Waals surface area contributed by atoms with Gasteiger partial charge in [0, 0.05) is 55.7 Å². The molecule has 0 aliphatic heterocycles. The van der Waals surface area contributed by atoms with Crippen LogP contribution in [0.1, 0.15) is 79.1 Å². The number of allylic oxidation sites excluding steroid dienone is 8. The average Bonchev–Trinajstić information content (AvgIpc) is 3.59. The van der Waals surface area contributed by atoms with Crippen LogP contribution in [0.5, 0.6) is 0 Å². The van der Waals surface area contributed by atoms with E-state index in [1.165, 1.54) is 0 Å². The number of anilines is 1. The number of nitrogens with two attached hydrogens (primary N) is 1. The molecule has 0 unspecified atom stereocenters. The van der Waals surface area contributed by atoms with Gasteiger partial charge in [0.1, 0.15) is 11.6 Å². The molecule has 6 heteroatoms. The SMILES string of the molecule is C#C.C=C/C=C(/c1ccc(C(=C)C)s1)c1nc(Cc2c(N)ccc(C(/C=C(\C=C)NC(=C)CC(C)(C)C)=C/C)c2F)[nH]c1C. The fourth-order valence-corrected chi connectivity index (χ4v) is 5.66. The molecule has 1 aromatic carbocycles. The Bertz CT molecular complexity index is 1650. The molecule has 4 N–H and O–H groups in total. The molecule has 4 nitrogen and oxygen atoms in total. The standard InChI is InChI=1S/C36H43FN4S.C2H2/c1-11-14-28(32-18-17-31(42-32)22(4)5)35-24(7)40-33(41-35)20-29-30(38)16-15-27(34(29)37)25(12-2)19-26(13-3)39-23(6)21-36(8,9)10;1-2/h11-19,39H,1,3-4,6,20-21,38H2,2,5,7-10H3,(H,40,41);1-2H/b25-12+,26-19+,28-14-;. The van der Waals surface area contributed by atoms with Crippen molar-refractivity contribution in [1.29, 1.82) is 0 Å². The van der Waals surface area contributed by atoms with Crippen LogP contribution in [0.15, 0.2) is 92.4 Å². The number of terminal acetylenes is 1. The fraction of sp³-hybridized carbons (Fsp3) is 0.237. The molecule has 0 amide bonds. The number of H-pyrrole nitrogens is 1. The third kappa shape index (κ3) is 9.20. The van der Waals surface area contributed by atoms with Crippen LogP contribution in [0.2, 0.25) is 0 Å². The number of aromatic amines is 1. The van der Waals surface area contributed by atoms with Crippen LogP contribution < -0.4 is 11.1 Å². The molecular weight excluding hydrogens is 564 g/mol. The first-order valence-corrected chi connectivity index (χ1v) is 15.1. The Labute approximate surface area is 267 Å². The number of aromatic nitrogens is 2. The van der Waals surface area contributed by atoms with Gasteiger partial charge in [-0.1, -0.05) is 65.3 Å². The summed E-state index contributed by atoms with van der Waals surface area (Å²) in [6.45, 7) is 28.3. The van der Waals surface area contributed by atoms with Gasteiger partial charge < -0.3 is 16.0 Å². The molecule has 230 valence electrons. The smallest absolute Gasteiger partial charge is 0.136 e. The number of hydrogen-bond donors (Lipinski definition) is 3. The zero-order valence-electron chi connectivity index (χ0n) is 26.9. The van der Waals surface area contributed by atoms with Crippen LogP contribution >= 0.6 is 11.3 Å². The van der Waals surface area contributed by atoms with Gasteiger partial charge in [0.25, 0.3) is 0 Å². The first-order valence-electron chi connectivity index (χ1n) is 14.3. The van der Waals surface area contributed by atoms with Crippen molar-refractivity contribution in [3.63, 3.8) is 0 Å². The van der Waals surface area contributed by atoms with E-state index in [2.05, 4.69) is 82.4 Å². The second-order valence-corrected chi connectivity index (χ2v) is 12.7. The summed E-state index contributed by atoms with van der Waals surface area (Å²) < 4.78 is 16.1. The predicted octanol–water partition coefficient (Wildman–Crippen LogP) is 10.0. The summed E-state index contributed by atoms with van der Waals surface area (Å²) in [7, 11) is 0. The van der Waals surface area contributed by atoms with Gasteiger partial charge in [0.05, 0.1) is 5.69 Å². The Morgan fingerprint density at radius 2 is 1.80 bits per heavy atom. The van der Waals surface area contributed by atoms with E-state index in [1.54, 1.807) is 35.6 Å². The second-order valence-electron chi connectivity index (χ2n) is 11.6. The Kier molecular flexibility index (Phi) is 12.7. The van der Waals surface area contributed by atoms with Crippen LogP contribution in [0, 0.1) is 31.0 Å². The van der Waals surface area contributed by atoms with Crippen LogP contribution in [0.4, 0.5) is 10.1 Å². The van der Waals surface area contributed by atoms with Gasteiger partial charge in [-0.05, 0) is 80.2 Å². The maximum atomic E-state index is 16.1. The van der Waals surface area contributed by atoms with Crippen molar-refractivity contribution in [2.75, 3.05) is 5.73 Å². The number of rotatable bonds is 12. The van der Waals surface area contributed by atoms with Gasteiger partial charge in [-0.3, -0.25) is 0 Å². The van der Waals surface area contributed by atoms with E-state index >= 15 is 4.39 Å². The molecule has 2 heterocycles. The van der Waals surface area contributed by atoms with E-state index in [4.69, 9.17) is 10.7 Å². The van der Waals surface area contributed by atoms with Gasteiger partial charge in [0.2, 0.25) is 0 Å². The number of thiophene rings is 1. The number of nitrogen functional groups attached to an aromatic ring is 1. The highest BCUT2D eigenvalue weighted by Crippen LogP contribution is 2.34. The van der Waals surface area contributed by atoms with Crippen LogP contribution in [0.25, 0.3) is 16.7 Å². The number of nitrogens with zero attached hydrogens (tertiary/aromatic N) is 1. The monoisotopic (exact) mass is 608 g/mol. The summed E-state index contributed by atoms with van der Waals surface area (Å²) in [6.07, 6.45) is 18.2. The van der Waals surface area contributed by atoms with E-state index < -0.39 is 0 Å². The topological polar surface area (TPSA) is 66.7 Å². The molecule has 44 heavy (non-hydrogen) atoms. The Morgan fingerprint density at radius 3 is 2.34 bits per heavy atom. The van der Waals surface area contributed by atoms with Crippen molar-refractivity contribution >= 4 is 33.7 Å². The molecule has 0 aliphatic rings. The molecule has 3 aromatic rings. The highest BCUT2D eigenvalue weighted by molar-refractivity contribution is 7.14. The van der Waals surface area contributed by atoms with Crippen LogP contribution in [0.3, 0.4) is 0 Å². The first kappa shape index (κ1) is 35.6.